The molecular weight excluding hydrogens is 297 g/mol. The Balaban J connectivity index is 2.03. The molecule has 1 aliphatic rings. The van der Waals surface area contributed by atoms with Gasteiger partial charge in [0.2, 0.25) is 5.91 Å². The van der Waals surface area contributed by atoms with Gasteiger partial charge >= 0.3 is 6.18 Å². The number of carbonyl (C=O) groups is 1. The lowest BCUT2D eigenvalue weighted by Gasteiger charge is -2.30. The molecule has 0 saturated carbocycles. The van der Waals surface area contributed by atoms with Crippen LogP contribution in [0.1, 0.15) is 37.2 Å². The lowest BCUT2D eigenvalue weighted by molar-refractivity contribution is -0.142. The minimum absolute atomic E-state index is 0.0732. The monoisotopic (exact) mass is 318 g/mol. The van der Waals surface area contributed by atoms with E-state index >= 15 is 0 Å². The van der Waals surface area contributed by atoms with E-state index in [0.29, 0.717) is 5.69 Å². The van der Waals surface area contributed by atoms with Crippen LogP contribution in [0.25, 0.3) is 0 Å². The van der Waals surface area contributed by atoms with Crippen LogP contribution < -0.4 is 5.32 Å². The lowest BCUT2D eigenvalue weighted by Crippen LogP contribution is -2.45. The zero-order chi connectivity index (χ0) is 16.5. The number of likely N-dealkylation sites (tertiary alicyclic amines) is 1. The Morgan fingerprint density at radius 2 is 2.00 bits per heavy atom. The number of aromatic nitrogens is 2. The minimum atomic E-state index is -4.50. The van der Waals surface area contributed by atoms with Crippen LogP contribution in [0, 0.1) is 6.92 Å². The maximum absolute atomic E-state index is 12.7. The number of carbonyl (C=O) groups excluding carboxylic acids is 1. The average Bonchev–Trinajstić information content (AvgIpc) is 2.82. The highest BCUT2D eigenvalue weighted by molar-refractivity contribution is 5.80. The number of halogens is 3. The summed E-state index contributed by atoms with van der Waals surface area (Å²) in [4.78, 5) is 14.4. The number of piperidine rings is 1. The summed E-state index contributed by atoms with van der Waals surface area (Å²) in [6.07, 6.45) is -2.80. The maximum Gasteiger partial charge on any atom is 0.435 e. The number of aryl methyl sites for hydroxylation is 1. The van der Waals surface area contributed by atoms with Gasteiger partial charge in [0.15, 0.2) is 5.69 Å². The van der Waals surface area contributed by atoms with Gasteiger partial charge in [-0.15, -0.1) is 0 Å². The van der Waals surface area contributed by atoms with Crippen LogP contribution in [0.15, 0.2) is 6.07 Å². The van der Waals surface area contributed by atoms with E-state index in [0.717, 1.165) is 36.7 Å². The highest BCUT2D eigenvalue weighted by Crippen LogP contribution is 2.29. The number of rotatable bonds is 3. The van der Waals surface area contributed by atoms with Gasteiger partial charge in [-0.3, -0.25) is 9.48 Å². The third-order valence-electron chi connectivity index (χ3n) is 4.02. The zero-order valence-electron chi connectivity index (χ0n) is 12.9. The number of amides is 1. The van der Waals surface area contributed by atoms with E-state index in [1.54, 1.807) is 6.92 Å². The molecule has 1 aromatic heterocycles. The van der Waals surface area contributed by atoms with Gasteiger partial charge in [-0.1, -0.05) is 0 Å². The molecule has 0 spiro atoms. The largest absolute Gasteiger partial charge is 0.435 e. The van der Waals surface area contributed by atoms with Gasteiger partial charge in [-0.25, -0.2) is 0 Å². The second-order valence-corrected chi connectivity index (χ2v) is 5.88. The summed E-state index contributed by atoms with van der Waals surface area (Å²) in [5, 5.41) is 6.43. The Bertz CT molecular complexity index is 533. The summed E-state index contributed by atoms with van der Waals surface area (Å²) in [5.74, 6) is -0.297. The van der Waals surface area contributed by atoms with E-state index in [1.807, 2.05) is 7.05 Å². The fourth-order valence-electron chi connectivity index (χ4n) is 2.60. The van der Waals surface area contributed by atoms with Crippen LogP contribution in [0.3, 0.4) is 0 Å². The van der Waals surface area contributed by atoms with Gasteiger partial charge in [0.1, 0.15) is 6.04 Å². The molecule has 1 unspecified atom stereocenters. The number of nitrogens with one attached hydrogen (secondary N) is 1. The van der Waals surface area contributed by atoms with Crippen molar-refractivity contribution in [2.75, 3.05) is 20.1 Å². The average molecular weight is 318 g/mol. The highest BCUT2D eigenvalue weighted by atomic mass is 19.4. The van der Waals surface area contributed by atoms with Crippen LogP contribution in [0.2, 0.25) is 0 Å². The normalized spacial score (nSPS) is 19.2. The van der Waals surface area contributed by atoms with Crippen LogP contribution in [0.5, 0.6) is 0 Å². The number of hydrogen-bond acceptors (Lipinski definition) is 3. The Morgan fingerprint density at radius 3 is 2.50 bits per heavy atom. The Hall–Kier alpha value is -1.57. The third kappa shape index (κ3) is 3.79. The quantitative estimate of drug-likeness (QED) is 0.927. The van der Waals surface area contributed by atoms with Crippen LogP contribution in [-0.4, -0.2) is 46.8 Å². The first-order chi connectivity index (χ1) is 10.2. The van der Waals surface area contributed by atoms with Crippen molar-refractivity contribution in [1.82, 2.24) is 20.0 Å². The SMILES string of the molecule is Cc1cc(C(F)(F)F)nn1C(C)C(=O)NC1CCN(C)CC1. The molecular formula is C14H21F3N4O. The minimum Gasteiger partial charge on any atom is -0.351 e. The van der Waals surface area contributed by atoms with E-state index in [2.05, 4.69) is 15.3 Å². The molecule has 0 aromatic carbocycles. The second-order valence-electron chi connectivity index (χ2n) is 5.88. The van der Waals surface area contributed by atoms with Crippen LogP contribution in [0.4, 0.5) is 13.2 Å². The van der Waals surface area contributed by atoms with Crippen molar-refractivity contribution in [3.05, 3.63) is 17.5 Å². The van der Waals surface area contributed by atoms with Crippen molar-refractivity contribution >= 4 is 5.91 Å². The smallest absolute Gasteiger partial charge is 0.351 e. The van der Waals surface area contributed by atoms with Crippen molar-refractivity contribution in [2.45, 2.75) is 44.9 Å². The second kappa shape index (κ2) is 6.28. The molecule has 1 aromatic rings. The Labute approximate surface area is 127 Å². The molecule has 8 heteroatoms. The third-order valence-corrected chi connectivity index (χ3v) is 4.02. The molecule has 1 fully saturated rings. The molecule has 22 heavy (non-hydrogen) atoms. The predicted octanol–water partition coefficient (Wildman–Crippen LogP) is 1.98. The van der Waals surface area contributed by atoms with Crippen LogP contribution in [-0.2, 0) is 11.0 Å². The van der Waals surface area contributed by atoms with Gasteiger partial charge in [0.25, 0.3) is 0 Å². The van der Waals surface area contributed by atoms with Crippen molar-refractivity contribution in [1.29, 1.82) is 0 Å². The Morgan fingerprint density at radius 1 is 1.41 bits per heavy atom. The molecule has 0 radical (unpaired) electrons. The van der Waals surface area contributed by atoms with E-state index in [4.69, 9.17) is 0 Å². The molecule has 1 aliphatic heterocycles. The molecule has 1 atom stereocenters. The molecule has 2 rings (SSSR count). The number of hydrogen-bond donors (Lipinski definition) is 1. The van der Waals surface area contributed by atoms with Crippen LogP contribution >= 0.6 is 0 Å². The number of nitrogens with zero attached hydrogens (tertiary/aromatic N) is 3. The molecule has 5 nitrogen and oxygen atoms in total. The standard InChI is InChI=1S/C14H21F3N4O/c1-9-8-12(14(15,16)17)19-21(9)10(2)13(22)18-11-4-6-20(3)7-5-11/h8,10-11H,4-7H2,1-3H3,(H,18,22). The number of alkyl halides is 3. The topological polar surface area (TPSA) is 50.2 Å². The van der Waals surface area contributed by atoms with Gasteiger partial charge < -0.3 is 10.2 Å². The van der Waals surface area contributed by atoms with Gasteiger partial charge in [-0.05, 0) is 52.9 Å². The first-order valence-corrected chi connectivity index (χ1v) is 7.30. The summed E-state index contributed by atoms with van der Waals surface area (Å²) < 4.78 is 39.2. The molecule has 124 valence electrons. The Kier molecular flexibility index (Phi) is 4.79. The highest BCUT2D eigenvalue weighted by Gasteiger charge is 2.35. The maximum atomic E-state index is 12.7. The van der Waals surface area contributed by atoms with Crippen molar-refractivity contribution in [3.63, 3.8) is 0 Å². The summed E-state index contributed by atoms with van der Waals surface area (Å²) in [5.41, 5.74) is -0.651. The summed E-state index contributed by atoms with van der Waals surface area (Å²) in [6.45, 7) is 4.88. The van der Waals surface area contributed by atoms with E-state index in [9.17, 15) is 18.0 Å². The summed E-state index contributed by atoms with van der Waals surface area (Å²) >= 11 is 0. The van der Waals surface area contributed by atoms with Crippen molar-refractivity contribution < 1.29 is 18.0 Å². The van der Waals surface area contributed by atoms with Gasteiger partial charge in [0, 0.05) is 11.7 Å². The van der Waals surface area contributed by atoms with Gasteiger partial charge in [-0.2, -0.15) is 18.3 Å². The molecule has 1 saturated heterocycles. The molecule has 2 heterocycles. The fourth-order valence-corrected chi connectivity index (χ4v) is 2.60. The first kappa shape index (κ1) is 16.8. The van der Waals surface area contributed by atoms with E-state index in [-0.39, 0.29) is 11.9 Å². The summed E-state index contributed by atoms with van der Waals surface area (Å²) in [6, 6.07) is 0.263. The zero-order valence-corrected chi connectivity index (χ0v) is 12.9. The lowest BCUT2D eigenvalue weighted by atomic mass is 10.1. The molecule has 0 bridgehead atoms. The first-order valence-electron chi connectivity index (χ1n) is 7.30. The fraction of sp³-hybridized carbons (Fsp3) is 0.714. The van der Waals surface area contributed by atoms with E-state index < -0.39 is 17.9 Å². The summed E-state index contributed by atoms with van der Waals surface area (Å²) in [7, 11) is 2.02. The molecule has 0 aliphatic carbocycles. The molecule has 1 N–H and O–H groups in total. The van der Waals surface area contributed by atoms with E-state index in [1.165, 1.54) is 6.92 Å². The van der Waals surface area contributed by atoms with Crippen molar-refractivity contribution in [2.24, 2.45) is 0 Å². The molecule has 1 amide bonds. The predicted molar refractivity (Wildman–Crippen MR) is 75.3 cm³/mol. The van der Waals surface area contributed by atoms with Gasteiger partial charge in [0.05, 0.1) is 0 Å². The van der Waals surface area contributed by atoms with Crippen molar-refractivity contribution in [3.8, 4) is 0 Å².